The fourth-order valence-corrected chi connectivity index (χ4v) is 3.43. The summed E-state index contributed by atoms with van der Waals surface area (Å²) in [5, 5.41) is 9.73. The van der Waals surface area contributed by atoms with Crippen LogP contribution in [0.2, 0.25) is 0 Å². The van der Waals surface area contributed by atoms with Gasteiger partial charge in [0.25, 0.3) is 0 Å². The fraction of sp³-hybridized carbons (Fsp3) is 0.389. The molecule has 0 amide bonds. The molecule has 1 fully saturated rings. The van der Waals surface area contributed by atoms with Gasteiger partial charge in [-0.15, -0.1) is 12.4 Å². The molecule has 0 saturated carbocycles. The van der Waals surface area contributed by atoms with Gasteiger partial charge in [0.15, 0.2) is 0 Å². The lowest BCUT2D eigenvalue weighted by atomic mass is 9.79. The number of ether oxygens (including phenoxy) is 1. The van der Waals surface area contributed by atoms with Crippen LogP contribution in [0.1, 0.15) is 18.7 Å². The van der Waals surface area contributed by atoms with Crippen molar-refractivity contribution in [2.45, 2.75) is 18.3 Å². The predicted molar refractivity (Wildman–Crippen MR) is 97.9 cm³/mol. The van der Waals surface area contributed by atoms with Crippen LogP contribution >= 0.6 is 12.4 Å². The van der Waals surface area contributed by atoms with Crippen molar-refractivity contribution in [3.63, 3.8) is 0 Å². The van der Waals surface area contributed by atoms with E-state index in [9.17, 15) is 0 Å². The summed E-state index contributed by atoms with van der Waals surface area (Å²) in [5.74, 6) is 1.19. The minimum atomic E-state index is -0.212. The molecule has 0 aliphatic carbocycles. The minimum absolute atomic E-state index is 0. The molecule has 1 saturated heterocycles. The topological polar surface area (TPSA) is 73.1 Å². The van der Waals surface area contributed by atoms with E-state index in [2.05, 4.69) is 21.5 Å². The van der Waals surface area contributed by atoms with Gasteiger partial charge in [-0.05, 0) is 37.4 Å². The first kappa shape index (κ1) is 17.8. The molecule has 132 valence electrons. The highest BCUT2D eigenvalue weighted by molar-refractivity contribution is 5.92. The number of methoxy groups -OCH3 is 1. The number of nitrogens with zero attached hydrogens (tertiary/aromatic N) is 3. The normalized spacial score (nSPS) is 16.5. The molecule has 4 rings (SSSR count). The summed E-state index contributed by atoms with van der Waals surface area (Å²) >= 11 is 0. The largest absolute Gasteiger partial charge is 0.384 e. The van der Waals surface area contributed by atoms with Crippen molar-refractivity contribution in [2.75, 3.05) is 26.8 Å². The zero-order valence-electron chi connectivity index (χ0n) is 14.1. The number of hydrogen-bond donors (Lipinski definition) is 1. The second-order valence-electron chi connectivity index (χ2n) is 6.27. The monoisotopic (exact) mass is 360 g/mol. The summed E-state index contributed by atoms with van der Waals surface area (Å²) in [4.78, 5) is 9.17. The van der Waals surface area contributed by atoms with Crippen molar-refractivity contribution in [3.8, 4) is 11.5 Å². The van der Waals surface area contributed by atoms with Gasteiger partial charge in [0, 0.05) is 18.7 Å². The maximum atomic E-state index is 5.65. The number of piperidine rings is 1. The van der Waals surface area contributed by atoms with Crippen LogP contribution in [0.5, 0.6) is 0 Å². The molecule has 1 aliphatic rings. The smallest absolute Gasteiger partial charge is 0.235 e. The number of pyridine rings is 1. The van der Waals surface area contributed by atoms with Gasteiger partial charge in [0.1, 0.15) is 5.69 Å². The number of halogens is 1. The molecule has 1 aliphatic heterocycles. The first-order chi connectivity index (χ1) is 11.8. The summed E-state index contributed by atoms with van der Waals surface area (Å²) in [6.07, 6.45) is 3.63. The highest BCUT2D eigenvalue weighted by Gasteiger charge is 2.39. The second kappa shape index (κ2) is 7.47. The Labute approximate surface area is 152 Å². The van der Waals surface area contributed by atoms with Gasteiger partial charge < -0.3 is 14.6 Å². The summed E-state index contributed by atoms with van der Waals surface area (Å²) in [6.45, 7) is 2.43. The van der Waals surface area contributed by atoms with Gasteiger partial charge in [0.05, 0.1) is 12.0 Å². The summed E-state index contributed by atoms with van der Waals surface area (Å²) in [7, 11) is 1.72. The average Bonchev–Trinajstić information content (AvgIpc) is 3.13. The molecule has 25 heavy (non-hydrogen) atoms. The van der Waals surface area contributed by atoms with Crippen LogP contribution in [0.25, 0.3) is 22.3 Å². The van der Waals surface area contributed by atoms with Crippen LogP contribution < -0.4 is 5.32 Å². The Bertz CT molecular complexity index is 835. The molecule has 3 aromatic rings. The number of fused-ring (bicyclic) bond motifs is 1. The molecule has 0 radical (unpaired) electrons. The molecule has 0 spiro atoms. The first-order valence-corrected chi connectivity index (χ1v) is 8.20. The molecule has 2 aromatic heterocycles. The number of benzene rings is 1. The third kappa shape index (κ3) is 3.25. The summed E-state index contributed by atoms with van der Waals surface area (Å²) in [5.41, 5.74) is 0.542. The molecule has 3 heterocycles. The van der Waals surface area contributed by atoms with Gasteiger partial charge in [-0.3, -0.25) is 4.98 Å². The Kier molecular flexibility index (Phi) is 5.32. The molecular weight excluding hydrogens is 340 g/mol. The number of nitrogens with one attached hydrogen (secondary N) is 1. The number of aromatic nitrogens is 3. The number of rotatable bonds is 4. The van der Waals surface area contributed by atoms with E-state index in [0.29, 0.717) is 18.3 Å². The van der Waals surface area contributed by atoms with E-state index < -0.39 is 0 Å². The van der Waals surface area contributed by atoms with Crippen molar-refractivity contribution in [1.29, 1.82) is 0 Å². The Hall–Kier alpha value is -2.02. The van der Waals surface area contributed by atoms with Crippen molar-refractivity contribution in [1.82, 2.24) is 20.4 Å². The average molecular weight is 361 g/mol. The van der Waals surface area contributed by atoms with Crippen LogP contribution in [0.3, 0.4) is 0 Å². The summed E-state index contributed by atoms with van der Waals surface area (Å²) < 4.78 is 11.1. The molecule has 1 aromatic carbocycles. The molecular formula is C18H21ClN4O2. The van der Waals surface area contributed by atoms with Gasteiger partial charge in [-0.2, -0.15) is 4.98 Å². The van der Waals surface area contributed by atoms with Crippen LogP contribution in [-0.4, -0.2) is 41.9 Å². The van der Waals surface area contributed by atoms with E-state index in [1.165, 1.54) is 0 Å². The predicted octanol–water partition coefficient (Wildman–Crippen LogP) is 2.97. The molecule has 7 heteroatoms. The number of hydrogen-bond acceptors (Lipinski definition) is 6. The molecule has 6 nitrogen and oxygen atoms in total. The van der Waals surface area contributed by atoms with Gasteiger partial charge in [0.2, 0.25) is 11.7 Å². The van der Waals surface area contributed by atoms with Crippen LogP contribution in [0.15, 0.2) is 41.1 Å². The zero-order valence-corrected chi connectivity index (χ0v) is 14.9. The van der Waals surface area contributed by atoms with Gasteiger partial charge in [-0.1, -0.05) is 29.4 Å². The van der Waals surface area contributed by atoms with E-state index in [1.807, 2.05) is 24.3 Å². The fourth-order valence-electron chi connectivity index (χ4n) is 3.43. The standard InChI is InChI=1S/C18H20N4O2.ClH/c1-23-12-18(7-10-19-11-8-18)17-21-16(22-24-17)15-14-5-3-2-4-13(14)6-9-20-15;/h2-6,9,19H,7-8,10-12H2,1H3;1H. The molecule has 0 unspecified atom stereocenters. The highest BCUT2D eigenvalue weighted by Crippen LogP contribution is 2.34. The lowest BCUT2D eigenvalue weighted by molar-refractivity contribution is 0.0850. The van der Waals surface area contributed by atoms with Crippen LogP contribution in [0.4, 0.5) is 0 Å². The quantitative estimate of drug-likeness (QED) is 0.771. The van der Waals surface area contributed by atoms with E-state index in [-0.39, 0.29) is 17.8 Å². The maximum Gasteiger partial charge on any atom is 0.235 e. The minimum Gasteiger partial charge on any atom is -0.384 e. The van der Waals surface area contributed by atoms with E-state index in [0.717, 1.165) is 42.4 Å². The molecule has 0 bridgehead atoms. The van der Waals surface area contributed by atoms with Crippen molar-refractivity contribution >= 4 is 23.2 Å². The third-order valence-electron chi connectivity index (χ3n) is 4.75. The van der Waals surface area contributed by atoms with E-state index in [4.69, 9.17) is 14.2 Å². The van der Waals surface area contributed by atoms with Crippen LogP contribution in [-0.2, 0) is 10.2 Å². The molecule has 0 atom stereocenters. The first-order valence-electron chi connectivity index (χ1n) is 8.20. The van der Waals surface area contributed by atoms with Gasteiger partial charge in [-0.25, -0.2) is 0 Å². The zero-order chi connectivity index (χ0) is 16.4. The van der Waals surface area contributed by atoms with Crippen LogP contribution in [0, 0.1) is 0 Å². The van der Waals surface area contributed by atoms with Crippen molar-refractivity contribution < 1.29 is 9.26 Å². The SMILES string of the molecule is COCC1(c2nc(-c3nccc4ccccc34)no2)CCNCC1.Cl. The Morgan fingerprint density at radius 1 is 1.20 bits per heavy atom. The Morgan fingerprint density at radius 3 is 2.80 bits per heavy atom. The van der Waals surface area contributed by atoms with E-state index >= 15 is 0 Å². The second-order valence-corrected chi connectivity index (χ2v) is 6.27. The Morgan fingerprint density at radius 2 is 2.00 bits per heavy atom. The Balaban J connectivity index is 0.00000182. The highest BCUT2D eigenvalue weighted by atomic mass is 35.5. The lowest BCUT2D eigenvalue weighted by Crippen LogP contribution is -2.43. The lowest BCUT2D eigenvalue weighted by Gasteiger charge is -2.33. The molecule has 1 N–H and O–H groups in total. The van der Waals surface area contributed by atoms with Crippen molar-refractivity contribution in [3.05, 3.63) is 42.4 Å². The van der Waals surface area contributed by atoms with Crippen molar-refractivity contribution in [2.24, 2.45) is 0 Å². The third-order valence-corrected chi connectivity index (χ3v) is 4.75. The van der Waals surface area contributed by atoms with E-state index in [1.54, 1.807) is 13.3 Å². The summed E-state index contributed by atoms with van der Waals surface area (Å²) in [6, 6.07) is 10.1. The van der Waals surface area contributed by atoms with Gasteiger partial charge >= 0.3 is 0 Å². The maximum absolute atomic E-state index is 5.65.